The zero-order valence-electron chi connectivity index (χ0n) is 15.6. The quantitative estimate of drug-likeness (QED) is 0.707. The molecule has 9 heteroatoms. The molecule has 150 valence electrons. The maximum atomic E-state index is 13.1. The van der Waals surface area contributed by atoms with E-state index in [0.29, 0.717) is 19.4 Å². The molecule has 0 saturated carbocycles. The van der Waals surface area contributed by atoms with Crippen LogP contribution >= 0.6 is 0 Å². The van der Waals surface area contributed by atoms with Gasteiger partial charge in [0.1, 0.15) is 5.82 Å². The maximum Gasteiger partial charge on any atom is 0.309 e. The molecule has 2 rings (SSSR count). The van der Waals surface area contributed by atoms with Crippen LogP contribution in [-0.2, 0) is 19.6 Å². The number of nitrogens with zero attached hydrogens (tertiary/aromatic N) is 1. The molecule has 0 radical (unpaired) electrons. The largest absolute Gasteiger partial charge is 0.348 e. The lowest BCUT2D eigenvalue weighted by Gasteiger charge is -2.34. The number of carbonyl (C=O) groups excluding carboxylic acids is 2. The van der Waals surface area contributed by atoms with E-state index < -0.39 is 27.7 Å². The third-order valence-electron chi connectivity index (χ3n) is 4.38. The summed E-state index contributed by atoms with van der Waals surface area (Å²) >= 11 is 0. The van der Waals surface area contributed by atoms with Gasteiger partial charge in [-0.3, -0.25) is 9.59 Å². The van der Waals surface area contributed by atoms with Gasteiger partial charge < -0.3 is 10.6 Å². The zero-order valence-corrected chi connectivity index (χ0v) is 16.4. The molecule has 2 N–H and O–H groups in total. The van der Waals surface area contributed by atoms with Crippen molar-refractivity contribution in [2.75, 3.05) is 13.1 Å². The molecule has 0 spiro atoms. The van der Waals surface area contributed by atoms with Gasteiger partial charge in [0.2, 0.25) is 10.0 Å². The Morgan fingerprint density at radius 3 is 2.48 bits per heavy atom. The fourth-order valence-corrected chi connectivity index (χ4v) is 4.80. The number of nitrogens with one attached hydrogen (secondary N) is 2. The van der Waals surface area contributed by atoms with Gasteiger partial charge in [-0.2, -0.15) is 4.31 Å². The average Bonchev–Trinajstić information content (AvgIpc) is 2.61. The number of rotatable bonds is 6. The van der Waals surface area contributed by atoms with Gasteiger partial charge in [0.25, 0.3) is 0 Å². The van der Waals surface area contributed by atoms with Gasteiger partial charge in [-0.1, -0.05) is 6.42 Å². The minimum Gasteiger partial charge on any atom is -0.348 e. The lowest BCUT2D eigenvalue weighted by molar-refractivity contribution is -0.139. The number of carbonyl (C=O) groups is 2. The van der Waals surface area contributed by atoms with Crippen LogP contribution in [0.1, 0.15) is 39.5 Å². The van der Waals surface area contributed by atoms with Gasteiger partial charge in [0, 0.05) is 25.2 Å². The summed E-state index contributed by atoms with van der Waals surface area (Å²) in [5.41, 5.74) is 0. The van der Waals surface area contributed by atoms with Gasteiger partial charge in [-0.05, 0) is 57.4 Å². The number of hydrogen-bond acceptors (Lipinski definition) is 4. The van der Waals surface area contributed by atoms with Gasteiger partial charge in [-0.15, -0.1) is 0 Å². The van der Waals surface area contributed by atoms with Gasteiger partial charge >= 0.3 is 11.8 Å². The molecule has 0 aliphatic carbocycles. The van der Waals surface area contributed by atoms with Gasteiger partial charge in [-0.25, -0.2) is 12.8 Å². The Labute approximate surface area is 159 Å². The Hall–Kier alpha value is -2.00. The molecule has 1 saturated heterocycles. The summed E-state index contributed by atoms with van der Waals surface area (Å²) in [5.74, 6) is -1.93. The molecule has 0 unspecified atom stereocenters. The van der Waals surface area contributed by atoms with Crippen molar-refractivity contribution in [2.45, 2.75) is 56.5 Å². The molecule has 1 fully saturated rings. The van der Waals surface area contributed by atoms with Crippen LogP contribution in [0.15, 0.2) is 29.2 Å². The highest BCUT2D eigenvalue weighted by molar-refractivity contribution is 7.89. The van der Waals surface area contributed by atoms with Crippen LogP contribution in [0.4, 0.5) is 4.39 Å². The van der Waals surface area contributed by atoms with Crippen LogP contribution in [0, 0.1) is 5.82 Å². The molecule has 0 bridgehead atoms. The first-order valence-electron chi connectivity index (χ1n) is 9.08. The van der Waals surface area contributed by atoms with Crippen molar-refractivity contribution in [1.82, 2.24) is 14.9 Å². The minimum absolute atomic E-state index is 0.0520. The second-order valence-corrected chi connectivity index (χ2v) is 8.78. The van der Waals surface area contributed by atoms with E-state index in [9.17, 15) is 22.4 Å². The molecule has 1 heterocycles. The maximum absolute atomic E-state index is 13.1. The molecule has 1 atom stereocenters. The van der Waals surface area contributed by atoms with Crippen molar-refractivity contribution in [2.24, 2.45) is 0 Å². The van der Waals surface area contributed by atoms with E-state index in [2.05, 4.69) is 10.6 Å². The molecule has 1 aromatic rings. The molecular formula is C18H26FN3O4S. The Bertz CT molecular complexity index is 765. The Morgan fingerprint density at radius 2 is 1.85 bits per heavy atom. The summed E-state index contributed by atoms with van der Waals surface area (Å²) in [6.07, 6.45) is 2.72. The van der Waals surface area contributed by atoms with Crippen molar-refractivity contribution in [3.8, 4) is 0 Å². The Morgan fingerprint density at radius 1 is 1.19 bits per heavy atom. The average molecular weight is 399 g/mol. The summed E-state index contributed by atoms with van der Waals surface area (Å²) in [7, 11) is -3.74. The first kappa shape index (κ1) is 21.3. The van der Waals surface area contributed by atoms with Gasteiger partial charge in [0.05, 0.1) is 4.90 Å². The van der Waals surface area contributed by atoms with Crippen LogP contribution in [0.2, 0.25) is 0 Å². The van der Waals surface area contributed by atoms with E-state index in [1.807, 2.05) is 0 Å². The summed E-state index contributed by atoms with van der Waals surface area (Å²) in [5, 5.41) is 5.03. The Balaban J connectivity index is 1.99. The monoisotopic (exact) mass is 399 g/mol. The number of benzene rings is 1. The zero-order chi connectivity index (χ0) is 20.0. The summed E-state index contributed by atoms with van der Waals surface area (Å²) in [6.45, 7) is 4.09. The van der Waals surface area contributed by atoms with Crippen LogP contribution in [0.25, 0.3) is 0 Å². The smallest absolute Gasteiger partial charge is 0.309 e. The Kier molecular flexibility index (Phi) is 7.32. The minimum atomic E-state index is -3.74. The molecule has 2 amide bonds. The topological polar surface area (TPSA) is 95.6 Å². The fourth-order valence-electron chi connectivity index (χ4n) is 3.08. The lowest BCUT2D eigenvalue weighted by atomic mass is 10.0. The van der Waals surface area contributed by atoms with Crippen LogP contribution in [-0.4, -0.2) is 49.7 Å². The van der Waals surface area contributed by atoms with Crippen LogP contribution < -0.4 is 10.6 Å². The number of piperidine rings is 1. The predicted octanol–water partition coefficient (Wildman–Crippen LogP) is 1.40. The van der Waals surface area contributed by atoms with Crippen molar-refractivity contribution >= 4 is 21.8 Å². The van der Waals surface area contributed by atoms with Crippen molar-refractivity contribution < 1.29 is 22.4 Å². The van der Waals surface area contributed by atoms with Crippen LogP contribution in [0.3, 0.4) is 0 Å². The van der Waals surface area contributed by atoms with Crippen molar-refractivity contribution in [3.63, 3.8) is 0 Å². The first-order valence-corrected chi connectivity index (χ1v) is 10.5. The molecular weight excluding hydrogens is 373 g/mol. The molecule has 1 aliphatic rings. The molecule has 27 heavy (non-hydrogen) atoms. The number of halogens is 1. The van der Waals surface area contributed by atoms with E-state index in [4.69, 9.17) is 0 Å². The lowest BCUT2D eigenvalue weighted by Crippen LogP contribution is -2.47. The molecule has 7 nitrogen and oxygen atoms in total. The van der Waals surface area contributed by atoms with E-state index in [-0.39, 0.29) is 23.5 Å². The highest BCUT2D eigenvalue weighted by atomic mass is 32.2. The molecule has 1 aromatic carbocycles. The second kappa shape index (κ2) is 9.27. The highest BCUT2D eigenvalue weighted by Gasteiger charge is 2.33. The third kappa shape index (κ3) is 5.74. The van der Waals surface area contributed by atoms with E-state index >= 15 is 0 Å². The van der Waals surface area contributed by atoms with E-state index in [1.54, 1.807) is 13.8 Å². The molecule has 1 aliphatic heterocycles. The van der Waals surface area contributed by atoms with Crippen molar-refractivity contribution in [1.29, 1.82) is 0 Å². The summed E-state index contributed by atoms with van der Waals surface area (Å²) in [6, 6.07) is 4.35. The second-order valence-electron chi connectivity index (χ2n) is 6.89. The normalized spacial score (nSPS) is 18.3. The van der Waals surface area contributed by atoms with Crippen molar-refractivity contribution in [3.05, 3.63) is 30.1 Å². The SMILES string of the molecule is CC(C)NC(=O)C(=O)NCC[C@H]1CCCCN1S(=O)(=O)c1ccc(F)cc1. The fraction of sp³-hybridized carbons (Fsp3) is 0.556. The van der Waals surface area contributed by atoms with E-state index in [0.717, 1.165) is 25.0 Å². The summed E-state index contributed by atoms with van der Waals surface area (Å²) in [4.78, 5) is 23.4. The standard InChI is InChI=1S/C18H26FN3O4S/c1-13(2)21-18(24)17(23)20-11-10-15-5-3-4-12-22(15)27(25,26)16-8-6-14(19)7-9-16/h6-9,13,15H,3-5,10-12H2,1-2H3,(H,20,23)(H,21,24)/t15-/m1/s1. The number of hydrogen-bond donors (Lipinski definition) is 2. The molecule has 0 aromatic heterocycles. The number of sulfonamides is 1. The summed E-state index contributed by atoms with van der Waals surface area (Å²) < 4.78 is 40.3. The van der Waals surface area contributed by atoms with E-state index in [1.165, 1.54) is 16.4 Å². The first-order chi connectivity index (χ1) is 12.7. The predicted molar refractivity (Wildman–Crippen MR) is 98.8 cm³/mol. The number of amides is 2. The third-order valence-corrected chi connectivity index (χ3v) is 6.35. The van der Waals surface area contributed by atoms with Crippen LogP contribution in [0.5, 0.6) is 0 Å². The van der Waals surface area contributed by atoms with Gasteiger partial charge in [0.15, 0.2) is 0 Å². The highest BCUT2D eigenvalue weighted by Crippen LogP contribution is 2.27.